The first kappa shape index (κ1) is 15.7. The second-order valence-electron chi connectivity index (χ2n) is 6.24. The topological polar surface area (TPSA) is 80.0 Å². The van der Waals surface area contributed by atoms with E-state index in [0.717, 1.165) is 24.0 Å². The molecule has 0 bridgehead atoms. The summed E-state index contributed by atoms with van der Waals surface area (Å²) in [6.07, 6.45) is 9.53. The van der Waals surface area contributed by atoms with E-state index in [1.807, 2.05) is 25.4 Å². The molecule has 2 N–H and O–H groups in total. The predicted molar refractivity (Wildman–Crippen MR) is 85.4 cm³/mol. The smallest absolute Gasteiger partial charge is 0.220 e. The van der Waals surface area contributed by atoms with Gasteiger partial charge in [-0.1, -0.05) is 6.07 Å². The number of carbonyl (C=O) groups excluding carboxylic acids is 1. The number of amides is 1. The van der Waals surface area contributed by atoms with Gasteiger partial charge in [-0.05, 0) is 36.8 Å². The number of carbonyl (C=O) groups is 1. The quantitative estimate of drug-likeness (QED) is 0.844. The minimum Gasteiger partial charge on any atom is -0.393 e. The van der Waals surface area contributed by atoms with Gasteiger partial charge in [0, 0.05) is 37.6 Å². The Labute approximate surface area is 135 Å². The average molecular weight is 314 g/mol. The Hall–Kier alpha value is -2.21. The lowest BCUT2D eigenvalue weighted by Gasteiger charge is -2.37. The third-order valence-corrected chi connectivity index (χ3v) is 4.39. The number of nitrogens with zero attached hydrogens (tertiary/aromatic N) is 3. The van der Waals surface area contributed by atoms with Crippen LogP contribution in [0.15, 0.2) is 36.9 Å². The van der Waals surface area contributed by atoms with Gasteiger partial charge in [-0.15, -0.1) is 0 Å². The molecule has 122 valence electrons. The van der Waals surface area contributed by atoms with Gasteiger partial charge in [0.25, 0.3) is 0 Å². The standard InChI is InChI=1S/C17H22N4O2/c1-21-11-14(10-19-21)17(13-7-15(22)8-13)20-16(23)5-4-12-3-2-6-18-9-12/h2-3,6,9-11,13,15,17,22H,4-5,7-8H2,1H3,(H,20,23)/t13?,15?,17-/m0/s1. The molecule has 2 aromatic rings. The first-order chi connectivity index (χ1) is 11.1. The molecule has 0 unspecified atom stereocenters. The molecule has 1 atom stereocenters. The van der Waals surface area contributed by atoms with E-state index in [1.54, 1.807) is 23.3 Å². The van der Waals surface area contributed by atoms with Crippen molar-refractivity contribution in [3.8, 4) is 0 Å². The van der Waals surface area contributed by atoms with Gasteiger partial charge in [0.05, 0.1) is 18.3 Å². The number of aryl methyl sites for hydroxylation is 2. The Morgan fingerprint density at radius 2 is 2.30 bits per heavy atom. The molecule has 0 aromatic carbocycles. The molecule has 0 saturated heterocycles. The molecule has 6 nitrogen and oxygen atoms in total. The molecule has 1 amide bonds. The number of nitrogens with one attached hydrogen (secondary N) is 1. The second-order valence-corrected chi connectivity index (χ2v) is 6.24. The van der Waals surface area contributed by atoms with Crippen molar-refractivity contribution in [2.75, 3.05) is 0 Å². The van der Waals surface area contributed by atoms with Gasteiger partial charge in [0.15, 0.2) is 0 Å². The molecular formula is C17H22N4O2. The van der Waals surface area contributed by atoms with Crippen LogP contribution in [0.1, 0.15) is 36.4 Å². The van der Waals surface area contributed by atoms with Crippen molar-refractivity contribution < 1.29 is 9.90 Å². The number of aromatic nitrogens is 3. The van der Waals surface area contributed by atoms with Gasteiger partial charge >= 0.3 is 0 Å². The first-order valence-electron chi connectivity index (χ1n) is 7.96. The molecule has 3 rings (SSSR count). The molecule has 1 saturated carbocycles. The number of pyridine rings is 1. The van der Waals surface area contributed by atoms with Crippen molar-refractivity contribution in [3.63, 3.8) is 0 Å². The number of hydrogen-bond acceptors (Lipinski definition) is 4. The van der Waals surface area contributed by atoms with E-state index < -0.39 is 0 Å². The van der Waals surface area contributed by atoms with Crippen molar-refractivity contribution in [2.45, 2.75) is 37.8 Å². The molecule has 2 heterocycles. The molecule has 0 spiro atoms. The lowest BCUT2D eigenvalue weighted by molar-refractivity contribution is -0.123. The Morgan fingerprint density at radius 3 is 2.91 bits per heavy atom. The largest absolute Gasteiger partial charge is 0.393 e. The van der Waals surface area contributed by atoms with E-state index >= 15 is 0 Å². The van der Waals surface area contributed by atoms with Crippen LogP contribution < -0.4 is 5.32 Å². The molecule has 1 aliphatic carbocycles. The highest BCUT2D eigenvalue weighted by Gasteiger charge is 2.36. The molecule has 1 fully saturated rings. The van der Waals surface area contributed by atoms with Gasteiger partial charge in [0.2, 0.25) is 5.91 Å². The van der Waals surface area contributed by atoms with Crippen molar-refractivity contribution in [3.05, 3.63) is 48.0 Å². The summed E-state index contributed by atoms with van der Waals surface area (Å²) in [5, 5.41) is 16.9. The fraction of sp³-hybridized carbons (Fsp3) is 0.471. The van der Waals surface area contributed by atoms with Crippen molar-refractivity contribution in [2.24, 2.45) is 13.0 Å². The summed E-state index contributed by atoms with van der Waals surface area (Å²) in [4.78, 5) is 16.4. The van der Waals surface area contributed by atoms with Crippen LogP contribution in [0.2, 0.25) is 0 Å². The number of aliphatic hydroxyl groups is 1. The van der Waals surface area contributed by atoms with Gasteiger partial charge in [0.1, 0.15) is 0 Å². The lowest BCUT2D eigenvalue weighted by atomic mass is 9.75. The van der Waals surface area contributed by atoms with E-state index in [9.17, 15) is 9.90 Å². The summed E-state index contributed by atoms with van der Waals surface area (Å²) in [5.74, 6) is 0.292. The van der Waals surface area contributed by atoms with Crippen molar-refractivity contribution in [1.82, 2.24) is 20.1 Å². The Morgan fingerprint density at radius 1 is 1.48 bits per heavy atom. The normalized spacial score (nSPS) is 21.5. The van der Waals surface area contributed by atoms with E-state index in [0.29, 0.717) is 12.8 Å². The Balaban J connectivity index is 1.60. The number of aliphatic hydroxyl groups excluding tert-OH is 1. The number of rotatable bonds is 6. The van der Waals surface area contributed by atoms with Crippen LogP contribution in [-0.4, -0.2) is 31.9 Å². The van der Waals surface area contributed by atoms with Gasteiger partial charge < -0.3 is 10.4 Å². The molecule has 0 aliphatic heterocycles. The fourth-order valence-corrected chi connectivity index (χ4v) is 3.03. The third kappa shape index (κ3) is 3.96. The fourth-order valence-electron chi connectivity index (χ4n) is 3.03. The van der Waals surface area contributed by atoms with Gasteiger partial charge in [-0.25, -0.2) is 0 Å². The van der Waals surface area contributed by atoms with Crippen LogP contribution >= 0.6 is 0 Å². The summed E-state index contributed by atoms with van der Waals surface area (Å²) >= 11 is 0. The van der Waals surface area contributed by atoms with Crippen LogP contribution in [0, 0.1) is 5.92 Å². The lowest BCUT2D eigenvalue weighted by Crippen LogP contribution is -2.41. The Bertz CT molecular complexity index is 650. The van der Waals surface area contributed by atoms with Crippen LogP contribution in [0.5, 0.6) is 0 Å². The van der Waals surface area contributed by atoms with Crippen molar-refractivity contribution in [1.29, 1.82) is 0 Å². The molecule has 0 radical (unpaired) electrons. The highest BCUT2D eigenvalue weighted by Crippen LogP contribution is 2.37. The summed E-state index contributed by atoms with van der Waals surface area (Å²) in [5.41, 5.74) is 2.05. The van der Waals surface area contributed by atoms with E-state index in [2.05, 4.69) is 15.4 Å². The van der Waals surface area contributed by atoms with E-state index in [1.165, 1.54) is 0 Å². The predicted octanol–water partition coefficient (Wildman–Crippen LogP) is 1.38. The molecule has 6 heteroatoms. The van der Waals surface area contributed by atoms with Crippen LogP contribution in [0.25, 0.3) is 0 Å². The summed E-state index contributed by atoms with van der Waals surface area (Å²) in [6, 6.07) is 3.77. The van der Waals surface area contributed by atoms with Crippen LogP contribution in [0.3, 0.4) is 0 Å². The maximum absolute atomic E-state index is 12.3. The maximum atomic E-state index is 12.3. The minimum absolute atomic E-state index is 0.0177. The summed E-state index contributed by atoms with van der Waals surface area (Å²) < 4.78 is 1.74. The monoisotopic (exact) mass is 314 g/mol. The second kappa shape index (κ2) is 6.91. The Kier molecular flexibility index (Phi) is 4.71. The van der Waals surface area contributed by atoms with Crippen molar-refractivity contribution >= 4 is 5.91 Å². The highest BCUT2D eigenvalue weighted by atomic mass is 16.3. The van der Waals surface area contributed by atoms with Crippen LogP contribution in [0.4, 0.5) is 0 Å². The maximum Gasteiger partial charge on any atom is 0.220 e. The zero-order valence-corrected chi connectivity index (χ0v) is 13.2. The van der Waals surface area contributed by atoms with E-state index in [-0.39, 0.29) is 24.0 Å². The number of hydrogen-bond donors (Lipinski definition) is 2. The van der Waals surface area contributed by atoms with Gasteiger partial charge in [-0.3, -0.25) is 14.5 Å². The third-order valence-electron chi connectivity index (χ3n) is 4.39. The molecular weight excluding hydrogens is 292 g/mol. The average Bonchev–Trinajstić information content (AvgIpc) is 2.95. The molecule has 23 heavy (non-hydrogen) atoms. The SMILES string of the molecule is Cn1cc([C@@H](NC(=O)CCc2cccnc2)C2CC(O)C2)cn1. The zero-order chi connectivity index (χ0) is 16.2. The summed E-state index contributed by atoms with van der Waals surface area (Å²) in [6.45, 7) is 0. The molecule has 1 aliphatic rings. The van der Waals surface area contributed by atoms with Gasteiger partial charge in [-0.2, -0.15) is 5.10 Å². The first-order valence-corrected chi connectivity index (χ1v) is 7.96. The summed E-state index contributed by atoms with van der Waals surface area (Å²) in [7, 11) is 1.86. The highest BCUT2D eigenvalue weighted by molar-refractivity contribution is 5.76. The molecule has 2 aromatic heterocycles. The zero-order valence-electron chi connectivity index (χ0n) is 13.2. The minimum atomic E-state index is -0.244. The van der Waals surface area contributed by atoms with Crippen LogP contribution in [-0.2, 0) is 18.3 Å². The van der Waals surface area contributed by atoms with E-state index in [4.69, 9.17) is 0 Å².